The number of fused-ring (bicyclic) bond motifs is 1. The zero-order chi connectivity index (χ0) is 16.0. The lowest BCUT2D eigenvalue weighted by molar-refractivity contribution is -0.00579. The molecule has 122 valence electrons. The van der Waals surface area contributed by atoms with Crippen LogP contribution in [0.5, 0.6) is 0 Å². The molecule has 1 saturated carbocycles. The van der Waals surface area contributed by atoms with Crippen LogP contribution in [0.4, 0.5) is 0 Å². The van der Waals surface area contributed by atoms with Gasteiger partial charge >= 0.3 is 0 Å². The number of allylic oxidation sites excluding steroid dienone is 4. The van der Waals surface area contributed by atoms with Crippen molar-refractivity contribution in [1.29, 1.82) is 0 Å². The quantitative estimate of drug-likeness (QED) is 0.640. The fourth-order valence-electron chi connectivity index (χ4n) is 3.68. The van der Waals surface area contributed by atoms with Crippen molar-refractivity contribution in [2.75, 3.05) is 6.61 Å². The van der Waals surface area contributed by atoms with Crippen LogP contribution in [0.3, 0.4) is 0 Å². The third-order valence-electron chi connectivity index (χ3n) is 5.58. The van der Waals surface area contributed by atoms with Crippen molar-refractivity contribution >= 4 is 0 Å². The molecule has 1 unspecified atom stereocenters. The molecule has 0 spiro atoms. The molecule has 3 aliphatic carbocycles. The Morgan fingerprint density at radius 1 is 1.38 bits per heavy atom. The molecule has 0 aromatic rings. The summed E-state index contributed by atoms with van der Waals surface area (Å²) in [5.41, 5.74) is 3.67. The molecule has 1 N–H and O–H groups in total. The van der Waals surface area contributed by atoms with E-state index in [0.29, 0.717) is 17.9 Å². The van der Waals surface area contributed by atoms with Crippen molar-refractivity contribution in [2.24, 2.45) is 23.2 Å². The maximum absolute atomic E-state index is 8.63. The van der Waals surface area contributed by atoms with Crippen LogP contribution in [0.1, 0.15) is 73.6 Å². The van der Waals surface area contributed by atoms with Crippen molar-refractivity contribution in [3.8, 4) is 0 Å². The van der Waals surface area contributed by atoms with E-state index in [0.717, 1.165) is 24.7 Å². The van der Waals surface area contributed by atoms with E-state index in [1.165, 1.54) is 24.8 Å². The predicted octanol–water partition coefficient (Wildman–Crippen LogP) is 5.75. The van der Waals surface area contributed by atoms with Gasteiger partial charge in [0.05, 0.1) is 0 Å². The van der Waals surface area contributed by atoms with Crippen LogP contribution >= 0.6 is 0 Å². The summed E-state index contributed by atoms with van der Waals surface area (Å²) in [7, 11) is 0. The molecule has 2 bridgehead atoms. The lowest BCUT2D eigenvalue weighted by Crippen LogP contribution is -2.47. The van der Waals surface area contributed by atoms with Gasteiger partial charge in [-0.25, -0.2) is 0 Å². The molecule has 0 saturated heterocycles. The highest BCUT2D eigenvalue weighted by atomic mass is 16.3. The van der Waals surface area contributed by atoms with Gasteiger partial charge < -0.3 is 5.11 Å². The molecule has 3 rings (SSSR count). The fraction of sp³-hybridized carbons (Fsp3) is 0.800. The summed E-state index contributed by atoms with van der Waals surface area (Å²) >= 11 is 0. The zero-order valence-electron chi connectivity index (χ0n) is 15.1. The maximum atomic E-state index is 8.63. The second-order valence-corrected chi connectivity index (χ2v) is 7.97. The average molecular weight is 293 g/mol. The minimum Gasteiger partial charge on any atom is -0.396 e. The van der Waals surface area contributed by atoms with E-state index < -0.39 is 0 Å². The molecule has 0 aromatic heterocycles. The Bertz CT molecular complexity index is 371. The molecule has 1 nitrogen and oxygen atoms in total. The maximum Gasteiger partial charge on any atom is 0.0433 e. The zero-order valence-corrected chi connectivity index (χ0v) is 15.1. The van der Waals surface area contributed by atoms with Gasteiger partial charge in [0.15, 0.2) is 0 Å². The van der Waals surface area contributed by atoms with Crippen LogP contribution in [0.2, 0.25) is 0 Å². The SMILES string of the molecule is CC(C)=CCCC(C)CCO.CC1=CC[C@@H]2C[C@H]1C2(C)C. The standard InChI is InChI=1S/C10H20O.C10H16/c1-9(2)5-4-6-10(3)7-8-11;1-7-4-5-8-6-9(7)10(8,2)3/h5,10-11H,4,6-8H2,1-3H3;4,8-9H,5-6H2,1-3H3/t;8-,9-/m.1/s1. The van der Waals surface area contributed by atoms with E-state index in [4.69, 9.17) is 5.11 Å². The second-order valence-electron chi connectivity index (χ2n) is 7.97. The summed E-state index contributed by atoms with van der Waals surface area (Å²) in [5.74, 6) is 2.59. The van der Waals surface area contributed by atoms with Gasteiger partial charge in [0.2, 0.25) is 0 Å². The summed E-state index contributed by atoms with van der Waals surface area (Å²) in [6, 6.07) is 0. The van der Waals surface area contributed by atoms with Gasteiger partial charge in [-0.3, -0.25) is 0 Å². The van der Waals surface area contributed by atoms with Gasteiger partial charge in [-0.1, -0.05) is 44.1 Å². The molecular weight excluding hydrogens is 256 g/mol. The molecular formula is C20H36O. The number of aliphatic hydroxyl groups excluding tert-OH is 1. The highest BCUT2D eigenvalue weighted by molar-refractivity contribution is 5.21. The van der Waals surface area contributed by atoms with E-state index in [9.17, 15) is 0 Å². The molecule has 3 aliphatic rings. The molecule has 0 amide bonds. The molecule has 0 radical (unpaired) electrons. The number of hydrogen-bond donors (Lipinski definition) is 1. The van der Waals surface area contributed by atoms with Crippen molar-refractivity contribution < 1.29 is 5.11 Å². The molecule has 3 atom stereocenters. The Kier molecular flexibility index (Phi) is 7.20. The van der Waals surface area contributed by atoms with E-state index in [1.807, 2.05) is 0 Å². The second kappa shape index (κ2) is 8.17. The highest BCUT2D eigenvalue weighted by Crippen LogP contribution is 2.58. The van der Waals surface area contributed by atoms with Gasteiger partial charge in [0, 0.05) is 6.61 Å². The van der Waals surface area contributed by atoms with Crippen LogP contribution in [0.15, 0.2) is 23.3 Å². The topological polar surface area (TPSA) is 20.2 Å². The minimum absolute atomic E-state index is 0.329. The Morgan fingerprint density at radius 3 is 2.43 bits per heavy atom. The lowest BCUT2D eigenvalue weighted by Gasteiger charge is -2.56. The van der Waals surface area contributed by atoms with Crippen LogP contribution in [-0.2, 0) is 0 Å². The minimum atomic E-state index is 0.329. The summed E-state index contributed by atoms with van der Waals surface area (Å²) in [4.78, 5) is 0. The Hall–Kier alpha value is -0.560. The normalized spacial score (nSPS) is 26.7. The van der Waals surface area contributed by atoms with Gasteiger partial charge in [-0.2, -0.15) is 0 Å². The summed E-state index contributed by atoms with van der Waals surface area (Å²) in [6.07, 6.45) is 10.8. The average Bonchev–Trinajstić information content (AvgIpc) is 2.39. The van der Waals surface area contributed by atoms with E-state index in [-0.39, 0.29) is 0 Å². The van der Waals surface area contributed by atoms with E-state index in [2.05, 4.69) is 53.7 Å². The molecule has 1 fully saturated rings. The lowest BCUT2D eigenvalue weighted by atomic mass is 9.49. The van der Waals surface area contributed by atoms with E-state index in [1.54, 1.807) is 5.57 Å². The third kappa shape index (κ3) is 5.29. The fourth-order valence-corrected chi connectivity index (χ4v) is 3.68. The highest BCUT2D eigenvalue weighted by Gasteiger charge is 2.49. The Morgan fingerprint density at radius 2 is 2.05 bits per heavy atom. The molecule has 0 aromatic carbocycles. The molecule has 1 heteroatoms. The third-order valence-corrected chi connectivity index (χ3v) is 5.58. The van der Waals surface area contributed by atoms with Crippen molar-refractivity contribution in [3.63, 3.8) is 0 Å². The molecule has 0 aliphatic heterocycles. The van der Waals surface area contributed by atoms with Crippen LogP contribution in [0.25, 0.3) is 0 Å². The first kappa shape index (κ1) is 18.5. The van der Waals surface area contributed by atoms with E-state index >= 15 is 0 Å². The first-order valence-electron chi connectivity index (χ1n) is 8.69. The Labute approximate surface area is 132 Å². The van der Waals surface area contributed by atoms with Gasteiger partial charge in [-0.15, -0.1) is 0 Å². The first-order chi connectivity index (χ1) is 9.78. The summed E-state index contributed by atoms with van der Waals surface area (Å²) < 4.78 is 0. The first-order valence-corrected chi connectivity index (χ1v) is 8.69. The van der Waals surface area contributed by atoms with Crippen LogP contribution in [0, 0.1) is 23.2 Å². The van der Waals surface area contributed by atoms with Crippen molar-refractivity contribution in [2.45, 2.75) is 73.6 Å². The van der Waals surface area contributed by atoms with Crippen LogP contribution < -0.4 is 0 Å². The van der Waals surface area contributed by atoms with Gasteiger partial charge in [-0.05, 0) is 76.0 Å². The monoisotopic (exact) mass is 292 g/mol. The van der Waals surface area contributed by atoms with Crippen molar-refractivity contribution in [1.82, 2.24) is 0 Å². The smallest absolute Gasteiger partial charge is 0.0433 e. The molecule has 21 heavy (non-hydrogen) atoms. The largest absolute Gasteiger partial charge is 0.396 e. The number of hydrogen-bond acceptors (Lipinski definition) is 1. The Balaban J connectivity index is 0.000000210. The predicted molar refractivity (Wildman–Crippen MR) is 93.3 cm³/mol. The summed E-state index contributed by atoms with van der Waals surface area (Å²) in [5, 5.41) is 8.63. The van der Waals surface area contributed by atoms with Gasteiger partial charge in [0.1, 0.15) is 0 Å². The molecule has 0 heterocycles. The summed E-state index contributed by atoms with van der Waals surface area (Å²) in [6.45, 7) is 13.9. The number of aliphatic hydroxyl groups is 1. The van der Waals surface area contributed by atoms with Crippen molar-refractivity contribution in [3.05, 3.63) is 23.3 Å². The van der Waals surface area contributed by atoms with Gasteiger partial charge in [0.25, 0.3) is 0 Å². The van der Waals surface area contributed by atoms with Crippen LogP contribution in [-0.4, -0.2) is 11.7 Å². The number of rotatable bonds is 5.